The third-order valence-corrected chi connectivity index (χ3v) is 4.11. The van der Waals surface area contributed by atoms with E-state index in [-0.39, 0.29) is 12.4 Å². The molecule has 0 heterocycles. The lowest BCUT2D eigenvalue weighted by molar-refractivity contribution is 0.617. The molecule has 1 nitrogen and oxygen atoms in total. The zero-order valence-electron chi connectivity index (χ0n) is 10.7. The average Bonchev–Trinajstić information content (AvgIpc) is 2.44. The molecule has 4 heteroatoms. The lowest BCUT2D eigenvalue weighted by atomic mass is 10.1. The van der Waals surface area contributed by atoms with Crippen molar-refractivity contribution in [3.63, 3.8) is 0 Å². The zero-order chi connectivity index (χ0) is 14.4. The summed E-state index contributed by atoms with van der Waals surface area (Å²) < 4.78 is 15.0. The van der Waals surface area contributed by atoms with Gasteiger partial charge in [-0.2, -0.15) is 0 Å². The van der Waals surface area contributed by atoms with Crippen LogP contribution in [0.5, 0.6) is 0 Å². The molecule has 0 radical (unpaired) electrons. The monoisotopic (exact) mass is 349 g/mol. The summed E-state index contributed by atoms with van der Waals surface area (Å²) in [5, 5.41) is 0. The van der Waals surface area contributed by atoms with Crippen LogP contribution in [0, 0.1) is 17.7 Å². The van der Waals surface area contributed by atoms with Gasteiger partial charge in [0.05, 0.1) is 6.54 Å². The molecule has 0 atom stereocenters. The van der Waals surface area contributed by atoms with Crippen molar-refractivity contribution in [2.45, 2.75) is 10.6 Å². The van der Waals surface area contributed by atoms with Gasteiger partial charge in [0.1, 0.15) is 5.82 Å². The van der Waals surface area contributed by atoms with Crippen LogP contribution in [-0.4, -0.2) is 6.54 Å². The predicted octanol–water partition coefficient (Wildman–Crippen LogP) is 4.19. The van der Waals surface area contributed by atoms with Crippen molar-refractivity contribution < 1.29 is 4.39 Å². The molecule has 2 N–H and O–H groups in total. The molecular weight excluding hydrogens is 337 g/mol. The lowest BCUT2D eigenvalue weighted by Gasteiger charge is -2.04. The first kappa shape index (κ1) is 15.1. The van der Waals surface area contributed by atoms with Crippen molar-refractivity contribution in [1.29, 1.82) is 0 Å². The highest BCUT2D eigenvalue weighted by atomic mass is 79.9. The van der Waals surface area contributed by atoms with Crippen LogP contribution in [0.15, 0.2) is 51.8 Å². The van der Waals surface area contributed by atoms with E-state index in [0.29, 0.717) is 16.9 Å². The van der Waals surface area contributed by atoms with E-state index in [2.05, 4.69) is 27.8 Å². The second-order valence-electron chi connectivity index (χ2n) is 4.06. The molecular formula is C16H13BrFNS. The molecule has 0 fully saturated rings. The Labute approximate surface area is 130 Å². The van der Waals surface area contributed by atoms with Crippen molar-refractivity contribution in [3.05, 3.63) is 63.9 Å². The summed E-state index contributed by atoms with van der Waals surface area (Å²) in [5.74, 6) is 5.91. The first-order chi connectivity index (χ1) is 9.69. The molecule has 0 aromatic heterocycles. The molecule has 20 heavy (non-hydrogen) atoms. The minimum Gasteiger partial charge on any atom is -0.320 e. The topological polar surface area (TPSA) is 26.0 Å². The fraction of sp³-hybridized carbons (Fsp3) is 0.125. The molecule has 0 aliphatic heterocycles. The maximum atomic E-state index is 13.9. The third-order valence-electron chi connectivity index (χ3n) is 2.58. The summed E-state index contributed by atoms with van der Waals surface area (Å²) in [6.45, 7) is 0.280. The van der Waals surface area contributed by atoms with Crippen LogP contribution in [0.25, 0.3) is 0 Å². The van der Waals surface area contributed by atoms with Gasteiger partial charge < -0.3 is 5.73 Å². The third kappa shape index (κ3) is 4.38. The van der Waals surface area contributed by atoms with Gasteiger partial charge >= 0.3 is 0 Å². The maximum Gasteiger partial charge on any atom is 0.128 e. The predicted molar refractivity (Wildman–Crippen MR) is 86.0 cm³/mol. The number of halogens is 2. The van der Waals surface area contributed by atoms with Crippen LogP contribution in [0.1, 0.15) is 11.1 Å². The van der Waals surface area contributed by atoms with E-state index < -0.39 is 0 Å². The second-order valence-corrected chi connectivity index (χ2v) is 6.02. The van der Waals surface area contributed by atoms with Gasteiger partial charge in [-0.05, 0) is 35.9 Å². The number of nitrogens with two attached hydrogens (primary N) is 1. The molecule has 0 saturated heterocycles. The zero-order valence-corrected chi connectivity index (χ0v) is 13.1. The standard InChI is InChI=1S/C16H13BrFNS/c17-14-4-1-5-15(10-14)20-11-13-7-6-12(3-2-8-19)9-16(13)18/h1,4-7,9-10H,8,11,19H2. The normalized spacial score (nSPS) is 9.95. The Morgan fingerprint density at radius 2 is 2.05 bits per heavy atom. The fourth-order valence-corrected chi connectivity index (χ4v) is 3.11. The number of benzene rings is 2. The van der Waals surface area contributed by atoms with Gasteiger partial charge in [-0.1, -0.05) is 39.9 Å². The smallest absolute Gasteiger partial charge is 0.128 e. The minimum atomic E-state index is -0.226. The Morgan fingerprint density at radius 3 is 2.75 bits per heavy atom. The van der Waals surface area contributed by atoms with E-state index in [9.17, 15) is 4.39 Å². The van der Waals surface area contributed by atoms with Gasteiger partial charge in [-0.3, -0.25) is 0 Å². The minimum absolute atomic E-state index is 0.226. The maximum absolute atomic E-state index is 13.9. The van der Waals surface area contributed by atoms with Crippen LogP contribution < -0.4 is 5.73 Å². The highest BCUT2D eigenvalue weighted by Crippen LogP contribution is 2.26. The molecule has 0 saturated carbocycles. The first-order valence-electron chi connectivity index (χ1n) is 6.05. The van der Waals surface area contributed by atoms with Gasteiger partial charge in [0.15, 0.2) is 0 Å². The molecule has 0 aliphatic carbocycles. The van der Waals surface area contributed by atoms with Crippen LogP contribution in [0.2, 0.25) is 0 Å². The Kier molecular flexibility index (Phi) is 5.66. The molecule has 2 aromatic rings. The molecule has 0 amide bonds. The van der Waals surface area contributed by atoms with Gasteiger partial charge in [0.25, 0.3) is 0 Å². The first-order valence-corrected chi connectivity index (χ1v) is 7.82. The summed E-state index contributed by atoms with van der Waals surface area (Å²) in [5.41, 5.74) is 6.63. The Hall–Kier alpha value is -1.28. The highest BCUT2D eigenvalue weighted by molar-refractivity contribution is 9.10. The van der Waals surface area contributed by atoms with E-state index >= 15 is 0 Å². The molecule has 2 rings (SSSR count). The molecule has 0 aliphatic rings. The van der Waals surface area contributed by atoms with Gasteiger partial charge in [0.2, 0.25) is 0 Å². The van der Waals surface area contributed by atoms with Crippen molar-refractivity contribution in [3.8, 4) is 11.8 Å². The van der Waals surface area contributed by atoms with Crippen molar-refractivity contribution in [1.82, 2.24) is 0 Å². The SMILES string of the molecule is NCC#Cc1ccc(CSc2cccc(Br)c2)c(F)c1. The molecule has 102 valence electrons. The fourth-order valence-electron chi connectivity index (χ4n) is 1.61. The number of hydrogen-bond acceptors (Lipinski definition) is 2. The summed E-state index contributed by atoms with van der Waals surface area (Å²) in [7, 11) is 0. The van der Waals surface area contributed by atoms with Gasteiger partial charge in [-0.15, -0.1) is 11.8 Å². The Morgan fingerprint density at radius 1 is 1.20 bits per heavy atom. The summed E-state index contributed by atoms with van der Waals surface area (Å²) >= 11 is 5.02. The van der Waals surface area contributed by atoms with E-state index in [4.69, 9.17) is 5.73 Å². The molecule has 0 spiro atoms. The average molecular weight is 350 g/mol. The van der Waals surface area contributed by atoms with Crippen molar-refractivity contribution >= 4 is 27.7 Å². The van der Waals surface area contributed by atoms with Crippen LogP contribution in [0.3, 0.4) is 0 Å². The number of rotatable bonds is 3. The van der Waals surface area contributed by atoms with E-state index in [1.807, 2.05) is 30.3 Å². The summed E-state index contributed by atoms with van der Waals surface area (Å²) in [6, 6.07) is 13.0. The molecule has 2 aromatic carbocycles. The van der Waals surface area contributed by atoms with Crippen LogP contribution in [0.4, 0.5) is 4.39 Å². The quantitative estimate of drug-likeness (QED) is 0.664. The van der Waals surface area contributed by atoms with Gasteiger partial charge in [-0.25, -0.2) is 4.39 Å². The van der Waals surface area contributed by atoms with Crippen molar-refractivity contribution in [2.24, 2.45) is 5.73 Å². The lowest BCUT2D eigenvalue weighted by Crippen LogP contribution is -1.93. The Balaban J connectivity index is 2.06. The van der Waals surface area contributed by atoms with E-state index in [1.54, 1.807) is 17.8 Å². The van der Waals surface area contributed by atoms with Crippen molar-refractivity contribution in [2.75, 3.05) is 6.54 Å². The largest absolute Gasteiger partial charge is 0.320 e. The van der Waals surface area contributed by atoms with E-state index in [0.717, 1.165) is 9.37 Å². The summed E-state index contributed by atoms with van der Waals surface area (Å²) in [6.07, 6.45) is 0. The number of thioether (sulfide) groups is 1. The molecule has 0 bridgehead atoms. The number of hydrogen-bond donors (Lipinski definition) is 1. The van der Waals surface area contributed by atoms with Crippen LogP contribution >= 0.6 is 27.7 Å². The summed E-state index contributed by atoms with van der Waals surface area (Å²) in [4.78, 5) is 1.10. The molecule has 0 unspecified atom stereocenters. The second kappa shape index (κ2) is 7.49. The highest BCUT2D eigenvalue weighted by Gasteiger charge is 2.04. The van der Waals surface area contributed by atoms with E-state index in [1.165, 1.54) is 6.07 Å². The Bertz CT molecular complexity index is 661. The van der Waals surface area contributed by atoms with Crippen LogP contribution in [-0.2, 0) is 5.75 Å². The van der Waals surface area contributed by atoms with Gasteiger partial charge in [0, 0.05) is 20.7 Å².